The highest BCUT2D eigenvalue weighted by Gasteiger charge is 2.26. The molecule has 1 aliphatic heterocycles. The van der Waals surface area contributed by atoms with Crippen LogP contribution in [0.1, 0.15) is 12.8 Å². The van der Waals surface area contributed by atoms with Crippen LogP contribution < -0.4 is 10.2 Å². The normalized spacial score (nSPS) is 17.5. The summed E-state index contributed by atoms with van der Waals surface area (Å²) in [7, 11) is -2.32. The number of halogens is 1. The highest BCUT2D eigenvalue weighted by Crippen LogP contribution is 2.18. The topological polar surface area (TPSA) is 95.5 Å². The molecule has 0 aliphatic carbocycles. The molecule has 0 spiro atoms. The van der Waals surface area contributed by atoms with Gasteiger partial charge in [0.15, 0.2) is 0 Å². The minimum absolute atomic E-state index is 0.0751. The van der Waals surface area contributed by atoms with Crippen molar-refractivity contribution in [1.29, 1.82) is 0 Å². The third kappa shape index (κ3) is 5.06. The van der Waals surface area contributed by atoms with Crippen molar-refractivity contribution in [2.75, 3.05) is 31.6 Å². The molecule has 1 amide bonds. The zero-order chi connectivity index (χ0) is 20.1. The Balaban J connectivity index is 1.58. The summed E-state index contributed by atoms with van der Waals surface area (Å²) in [5, 5.41) is 2.93. The predicted molar refractivity (Wildman–Crippen MR) is 109 cm³/mol. The summed E-state index contributed by atoms with van der Waals surface area (Å²) >= 11 is 3.28. The Kier molecular flexibility index (Phi) is 6.63. The Labute approximate surface area is 173 Å². The zero-order valence-electron chi connectivity index (χ0n) is 15.5. The maximum atomic E-state index is 12.6. The van der Waals surface area contributed by atoms with Crippen LogP contribution in [0.5, 0.6) is 0 Å². The molecular weight excluding hydrogens is 446 g/mol. The fourth-order valence-electron chi connectivity index (χ4n) is 3.08. The Morgan fingerprint density at radius 1 is 1.29 bits per heavy atom. The number of nitrogens with one attached hydrogen (secondary N) is 1. The van der Waals surface area contributed by atoms with Gasteiger partial charge in [0.1, 0.15) is 0 Å². The molecule has 0 bridgehead atoms. The van der Waals surface area contributed by atoms with Crippen LogP contribution in [0.2, 0.25) is 0 Å². The summed E-state index contributed by atoms with van der Waals surface area (Å²) < 4.78 is 27.1. The molecule has 28 heavy (non-hydrogen) atoms. The number of sulfonamides is 1. The van der Waals surface area contributed by atoms with Crippen molar-refractivity contribution in [2.24, 2.45) is 0 Å². The van der Waals surface area contributed by atoms with Gasteiger partial charge in [-0.2, -0.15) is 4.31 Å². The van der Waals surface area contributed by atoms with Crippen molar-refractivity contribution in [3.05, 3.63) is 47.2 Å². The van der Waals surface area contributed by atoms with Crippen LogP contribution in [0, 0.1) is 0 Å². The number of amides is 1. The van der Waals surface area contributed by atoms with E-state index in [1.165, 1.54) is 19.2 Å². The average molecular weight is 468 g/mol. The third-order valence-corrected chi connectivity index (χ3v) is 6.86. The van der Waals surface area contributed by atoms with Crippen molar-refractivity contribution in [3.63, 3.8) is 0 Å². The van der Waals surface area contributed by atoms with E-state index < -0.39 is 10.0 Å². The molecule has 1 N–H and O–H groups in total. The first-order valence-electron chi connectivity index (χ1n) is 8.89. The first-order chi connectivity index (χ1) is 13.4. The molecule has 1 atom stereocenters. The van der Waals surface area contributed by atoms with Gasteiger partial charge in [-0.05, 0) is 43.2 Å². The molecule has 1 aliphatic rings. The molecule has 1 unspecified atom stereocenters. The number of benzene rings is 1. The van der Waals surface area contributed by atoms with Gasteiger partial charge >= 0.3 is 0 Å². The lowest BCUT2D eigenvalue weighted by Crippen LogP contribution is -2.50. The smallest absolute Gasteiger partial charge is 0.243 e. The Morgan fingerprint density at radius 2 is 1.96 bits per heavy atom. The number of nitrogens with zero attached hydrogens (tertiary/aromatic N) is 4. The fourth-order valence-corrected chi connectivity index (χ4v) is 4.47. The lowest BCUT2D eigenvalue weighted by molar-refractivity contribution is -0.121. The van der Waals surface area contributed by atoms with Gasteiger partial charge in [-0.3, -0.25) is 4.79 Å². The molecular formula is C18H22BrN5O3S. The number of hydrogen-bond acceptors (Lipinski definition) is 6. The van der Waals surface area contributed by atoms with Crippen LogP contribution in [0.25, 0.3) is 0 Å². The average Bonchev–Trinajstić information content (AvgIpc) is 2.69. The quantitative estimate of drug-likeness (QED) is 0.693. The van der Waals surface area contributed by atoms with Crippen LogP contribution in [0.15, 0.2) is 52.1 Å². The van der Waals surface area contributed by atoms with Gasteiger partial charge in [-0.15, -0.1) is 0 Å². The molecule has 1 saturated heterocycles. The lowest BCUT2D eigenvalue weighted by atomic mass is 10.1. The predicted octanol–water partition coefficient (Wildman–Crippen LogP) is 1.64. The number of rotatable bonds is 6. The van der Waals surface area contributed by atoms with E-state index in [-0.39, 0.29) is 23.4 Å². The first kappa shape index (κ1) is 20.7. The molecule has 3 rings (SSSR count). The fraction of sp³-hybridized carbons (Fsp3) is 0.389. The van der Waals surface area contributed by atoms with Crippen LogP contribution in [-0.2, 0) is 14.8 Å². The summed E-state index contributed by atoms with van der Waals surface area (Å²) in [6.45, 7) is 1.18. The van der Waals surface area contributed by atoms with E-state index in [2.05, 4.69) is 31.2 Å². The summed E-state index contributed by atoms with van der Waals surface area (Å²) in [5.41, 5.74) is 0. The highest BCUT2D eigenvalue weighted by atomic mass is 79.9. The Morgan fingerprint density at radius 3 is 2.64 bits per heavy atom. The number of hydrogen-bond donors (Lipinski definition) is 1. The van der Waals surface area contributed by atoms with Gasteiger partial charge in [-0.25, -0.2) is 18.4 Å². The maximum Gasteiger partial charge on any atom is 0.243 e. The molecule has 1 aromatic carbocycles. The second-order valence-corrected chi connectivity index (χ2v) is 9.58. The summed E-state index contributed by atoms with van der Waals surface area (Å²) in [4.78, 5) is 23.1. The number of carbonyl (C=O) groups is 1. The Bertz CT molecular complexity index is 909. The van der Waals surface area contributed by atoms with Gasteiger partial charge in [0.25, 0.3) is 0 Å². The molecule has 2 heterocycles. The largest absolute Gasteiger partial charge is 0.350 e. The summed E-state index contributed by atoms with van der Waals surface area (Å²) in [6.07, 6.45) is 5.10. The standard InChI is InChI=1S/C18H22BrN5O3S/c1-23(28(26,27)16-7-5-14(19)6-8-16)13-17(25)22-15-4-2-11-24(12-15)18-20-9-3-10-21-18/h3,5-10,15H,2,4,11-13H2,1H3,(H,22,25). The van der Waals surface area contributed by atoms with Crippen molar-refractivity contribution in [3.8, 4) is 0 Å². The minimum atomic E-state index is -3.72. The molecule has 0 radical (unpaired) electrons. The monoisotopic (exact) mass is 467 g/mol. The molecule has 2 aromatic rings. The van der Waals surface area contributed by atoms with E-state index in [1.807, 2.05) is 4.90 Å². The maximum absolute atomic E-state index is 12.6. The lowest BCUT2D eigenvalue weighted by Gasteiger charge is -2.33. The second-order valence-electron chi connectivity index (χ2n) is 6.62. The number of likely N-dealkylation sites (N-methyl/N-ethyl adjacent to an activating group) is 1. The van der Waals surface area contributed by atoms with Gasteiger partial charge in [0.2, 0.25) is 21.9 Å². The van der Waals surface area contributed by atoms with Crippen LogP contribution in [0.4, 0.5) is 5.95 Å². The van der Waals surface area contributed by atoms with E-state index in [0.717, 1.165) is 28.2 Å². The van der Waals surface area contributed by atoms with E-state index in [1.54, 1.807) is 30.6 Å². The van der Waals surface area contributed by atoms with Gasteiger partial charge in [0.05, 0.1) is 11.4 Å². The van der Waals surface area contributed by atoms with E-state index in [4.69, 9.17) is 0 Å². The van der Waals surface area contributed by atoms with Crippen molar-refractivity contribution in [1.82, 2.24) is 19.6 Å². The molecule has 1 aromatic heterocycles. The van der Waals surface area contributed by atoms with Crippen LogP contribution >= 0.6 is 15.9 Å². The first-order valence-corrected chi connectivity index (χ1v) is 11.1. The van der Waals surface area contributed by atoms with Crippen molar-refractivity contribution in [2.45, 2.75) is 23.8 Å². The van der Waals surface area contributed by atoms with Crippen LogP contribution in [0.3, 0.4) is 0 Å². The molecule has 150 valence electrons. The van der Waals surface area contributed by atoms with E-state index in [0.29, 0.717) is 12.5 Å². The molecule has 1 fully saturated rings. The molecule has 10 heteroatoms. The van der Waals surface area contributed by atoms with Gasteiger partial charge < -0.3 is 10.2 Å². The number of aromatic nitrogens is 2. The zero-order valence-corrected chi connectivity index (χ0v) is 17.9. The van der Waals surface area contributed by atoms with Gasteiger partial charge in [-0.1, -0.05) is 15.9 Å². The Hall–Kier alpha value is -2.04. The van der Waals surface area contributed by atoms with E-state index >= 15 is 0 Å². The SMILES string of the molecule is CN(CC(=O)NC1CCCN(c2ncccn2)C1)S(=O)(=O)c1ccc(Br)cc1. The van der Waals surface area contributed by atoms with Crippen molar-refractivity contribution >= 4 is 37.8 Å². The molecule has 0 saturated carbocycles. The minimum Gasteiger partial charge on any atom is -0.350 e. The van der Waals surface area contributed by atoms with Gasteiger partial charge in [0, 0.05) is 43.0 Å². The third-order valence-electron chi connectivity index (χ3n) is 4.51. The number of anilines is 1. The highest BCUT2D eigenvalue weighted by molar-refractivity contribution is 9.10. The second kappa shape index (κ2) is 8.97. The molecule has 8 nitrogen and oxygen atoms in total. The summed E-state index contributed by atoms with van der Waals surface area (Å²) in [6, 6.07) is 8.01. The summed E-state index contributed by atoms with van der Waals surface area (Å²) in [5.74, 6) is 0.306. The van der Waals surface area contributed by atoms with Crippen LogP contribution in [-0.4, -0.2) is 61.3 Å². The van der Waals surface area contributed by atoms with E-state index in [9.17, 15) is 13.2 Å². The number of piperidine rings is 1. The number of carbonyl (C=O) groups excluding carboxylic acids is 1. The van der Waals surface area contributed by atoms with Crippen molar-refractivity contribution < 1.29 is 13.2 Å².